The summed E-state index contributed by atoms with van der Waals surface area (Å²) in [6.07, 6.45) is 4.83. The molecule has 1 heterocycles. The maximum absolute atomic E-state index is 10.2. The molecule has 0 fully saturated rings. The molecule has 0 aliphatic heterocycles. The minimum absolute atomic E-state index is 0.795. The Balaban J connectivity index is 2.47. The van der Waals surface area contributed by atoms with E-state index in [0.29, 0.717) is 0 Å². The van der Waals surface area contributed by atoms with Crippen LogP contribution in [0.5, 0.6) is 0 Å². The van der Waals surface area contributed by atoms with E-state index in [1.807, 2.05) is 30.3 Å². The van der Waals surface area contributed by atoms with Crippen molar-refractivity contribution in [3.05, 3.63) is 48.5 Å². The average molecular weight is 229 g/mol. The zero-order valence-corrected chi connectivity index (χ0v) is 9.91. The van der Waals surface area contributed by atoms with Crippen LogP contribution in [0.3, 0.4) is 0 Å². The van der Waals surface area contributed by atoms with E-state index in [4.69, 9.17) is 0 Å². The van der Waals surface area contributed by atoms with Gasteiger partial charge in [-0.25, -0.2) is 9.67 Å². The molecule has 0 unspecified atom stereocenters. The first-order valence-electron chi connectivity index (χ1n) is 5.41. The van der Waals surface area contributed by atoms with E-state index < -0.39 is 5.60 Å². The highest BCUT2D eigenvalue weighted by atomic mass is 16.3. The topological polar surface area (TPSA) is 50.9 Å². The smallest absolute Gasteiger partial charge is 0.138 e. The second-order valence-electron chi connectivity index (χ2n) is 4.34. The predicted octanol–water partition coefficient (Wildman–Crippen LogP) is 2.05. The predicted molar refractivity (Wildman–Crippen MR) is 66.9 cm³/mol. The fourth-order valence-corrected chi connectivity index (χ4v) is 1.62. The van der Waals surface area contributed by atoms with Crippen molar-refractivity contribution in [1.29, 1.82) is 0 Å². The monoisotopic (exact) mass is 229 g/mol. The van der Waals surface area contributed by atoms with E-state index in [0.717, 1.165) is 11.1 Å². The first-order chi connectivity index (χ1) is 8.07. The van der Waals surface area contributed by atoms with Gasteiger partial charge >= 0.3 is 0 Å². The molecule has 0 aliphatic rings. The van der Waals surface area contributed by atoms with Crippen LogP contribution in [0, 0.1) is 0 Å². The number of aromatic nitrogens is 3. The van der Waals surface area contributed by atoms with Crippen molar-refractivity contribution in [2.24, 2.45) is 0 Å². The summed E-state index contributed by atoms with van der Waals surface area (Å²) in [6, 6.07) is 9.74. The number of benzene rings is 1. The van der Waals surface area contributed by atoms with Crippen molar-refractivity contribution in [3.8, 4) is 0 Å². The van der Waals surface area contributed by atoms with Crippen molar-refractivity contribution in [1.82, 2.24) is 14.8 Å². The van der Waals surface area contributed by atoms with Crippen LogP contribution < -0.4 is 0 Å². The summed E-state index contributed by atoms with van der Waals surface area (Å²) >= 11 is 0. The van der Waals surface area contributed by atoms with Crippen molar-refractivity contribution >= 4 is 11.8 Å². The fraction of sp³-hybridized carbons (Fsp3) is 0.231. The minimum atomic E-state index is -0.937. The van der Waals surface area contributed by atoms with Crippen LogP contribution in [0.25, 0.3) is 11.8 Å². The Kier molecular flexibility index (Phi) is 3.06. The Morgan fingerprint density at radius 2 is 2.00 bits per heavy atom. The summed E-state index contributed by atoms with van der Waals surface area (Å²) < 4.78 is 1.58. The maximum Gasteiger partial charge on any atom is 0.138 e. The van der Waals surface area contributed by atoms with E-state index in [-0.39, 0.29) is 0 Å². The number of nitrogens with zero attached hydrogens (tertiary/aromatic N) is 3. The molecular weight excluding hydrogens is 214 g/mol. The van der Waals surface area contributed by atoms with Gasteiger partial charge in [-0.1, -0.05) is 30.3 Å². The summed E-state index contributed by atoms with van der Waals surface area (Å²) in [5.74, 6) is 0. The Morgan fingerprint density at radius 1 is 1.29 bits per heavy atom. The summed E-state index contributed by atoms with van der Waals surface area (Å²) in [7, 11) is 0. The van der Waals surface area contributed by atoms with Crippen molar-refractivity contribution in [2.45, 2.75) is 19.4 Å². The van der Waals surface area contributed by atoms with Crippen LogP contribution in [0.4, 0.5) is 0 Å². The van der Waals surface area contributed by atoms with Crippen molar-refractivity contribution in [2.75, 3.05) is 0 Å². The normalized spacial score (nSPS) is 12.8. The van der Waals surface area contributed by atoms with Crippen LogP contribution in [0.15, 0.2) is 43.0 Å². The molecule has 88 valence electrons. The van der Waals surface area contributed by atoms with Crippen molar-refractivity contribution in [3.63, 3.8) is 0 Å². The van der Waals surface area contributed by atoms with Crippen LogP contribution in [-0.4, -0.2) is 25.5 Å². The lowest BCUT2D eigenvalue weighted by Crippen LogP contribution is -2.21. The van der Waals surface area contributed by atoms with Gasteiger partial charge in [0.05, 0.1) is 5.60 Å². The van der Waals surface area contributed by atoms with E-state index >= 15 is 0 Å². The fourth-order valence-electron chi connectivity index (χ4n) is 1.62. The third-order valence-corrected chi connectivity index (χ3v) is 2.44. The molecule has 0 saturated heterocycles. The molecule has 0 aliphatic carbocycles. The molecule has 1 N–H and O–H groups in total. The lowest BCUT2D eigenvalue weighted by atomic mass is 9.92. The van der Waals surface area contributed by atoms with Crippen molar-refractivity contribution < 1.29 is 5.11 Å². The first kappa shape index (κ1) is 11.5. The second-order valence-corrected chi connectivity index (χ2v) is 4.34. The second kappa shape index (κ2) is 4.51. The minimum Gasteiger partial charge on any atom is -0.386 e. The summed E-state index contributed by atoms with van der Waals surface area (Å²) in [5.41, 5.74) is 0.826. The molecule has 2 aromatic rings. The summed E-state index contributed by atoms with van der Waals surface area (Å²) in [5, 5.41) is 14.2. The Bertz CT molecular complexity index is 495. The number of rotatable bonds is 3. The molecule has 4 heteroatoms. The average Bonchev–Trinajstić information content (AvgIpc) is 2.78. The Morgan fingerprint density at radius 3 is 2.53 bits per heavy atom. The number of aliphatic hydroxyl groups is 1. The Labute approximate surface area is 100 Å². The molecule has 0 radical (unpaired) electrons. The van der Waals surface area contributed by atoms with Gasteiger partial charge < -0.3 is 5.11 Å². The molecule has 1 aromatic carbocycles. The highest BCUT2D eigenvalue weighted by Crippen LogP contribution is 2.27. The molecule has 0 amide bonds. The molecule has 1 aromatic heterocycles. The van der Waals surface area contributed by atoms with Crippen LogP contribution >= 0.6 is 0 Å². The van der Waals surface area contributed by atoms with Gasteiger partial charge in [-0.3, -0.25) is 0 Å². The highest BCUT2D eigenvalue weighted by molar-refractivity contribution is 5.79. The molecule has 4 nitrogen and oxygen atoms in total. The van der Waals surface area contributed by atoms with E-state index in [1.54, 1.807) is 31.1 Å². The van der Waals surface area contributed by atoms with Gasteiger partial charge in [-0.2, -0.15) is 5.10 Å². The van der Waals surface area contributed by atoms with Gasteiger partial charge in [0.25, 0.3) is 0 Å². The zero-order chi connectivity index (χ0) is 12.3. The van der Waals surface area contributed by atoms with Crippen LogP contribution in [0.2, 0.25) is 0 Å². The quantitative estimate of drug-likeness (QED) is 0.876. The zero-order valence-electron chi connectivity index (χ0n) is 9.91. The van der Waals surface area contributed by atoms with Gasteiger partial charge in [0, 0.05) is 11.8 Å². The van der Waals surface area contributed by atoms with Gasteiger partial charge in [-0.05, 0) is 19.4 Å². The lowest BCUT2D eigenvalue weighted by molar-refractivity contribution is 0.144. The molecule has 0 spiro atoms. The standard InChI is InChI=1S/C13H15N3O/c1-13(2,17)12(8-16-10-14-9-15-16)11-6-4-3-5-7-11/h3-10,17H,1-2H3/b12-8-. The number of hydrogen-bond donors (Lipinski definition) is 1. The molecule has 0 atom stereocenters. The van der Waals surface area contributed by atoms with E-state index in [9.17, 15) is 5.11 Å². The summed E-state index contributed by atoms with van der Waals surface area (Å²) in [6.45, 7) is 3.51. The van der Waals surface area contributed by atoms with E-state index in [1.165, 1.54) is 6.33 Å². The third kappa shape index (κ3) is 2.79. The highest BCUT2D eigenvalue weighted by Gasteiger charge is 2.21. The largest absolute Gasteiger partial charge is 0.386 e. The van der Waals surface area contributed by atoms with Gasteiger partial charge in [-0.15, -0.1) is 0 Å². The Hall–Kier alpha value is -1.94. The molecule has 0 saturated carbocycles. The maximum atomic E-state index is 10.2. The summed E-state index contributed by atoms with van der Waals surface area (Å²) in [4.78, 5) is 3.88. The van der Waals surface area contributed by atoms with Crippen LogP contribution in [0.1, 0.15) is 19.4 Å². The molecule has 0 bridgehead atoms. The number of hydrogen-bond acceptors (Lipinski definition) is 3. The van der Waals surface area contributed by atoms with Gasteiger partial charge in [0.1, 0.15) is 12.7 Å². The third-order valence-electron chi connectivity index (χ3n) is 2.44. The first-order valence-corrected chi connectivity index (χ1v) is 5.41. The SMILES string of the molecule is CC(C)(O)/C(=C\n1cncn1)c1ccccc1. The van der Waals surface area contributed by atoms with E-state index in [2.05, 4.69) is 10.1 Å². The van der Waals surface area contributed by atoms with Crippen LogP contribution in [-0.2, 0) is 0 Å². The van der Waals surface area contributed by atoms with Gasteiger partial charge in [0.2, 0.25) is 0 Å². The molecule has 2 rings (SSSR count). The molecule has 17 heavy (non-hydrogen) atoms. The lowest BCUT2D eigenvalue weighted by Gasteiger charge is -2.22. The van der Waals surface area contributed by atoms with Gasteiger partial charge in [0.15, 0.2) is 0 Å². The molecular formula is C13H15N3O.